The first-order valence-electron chi connectivity index (χ1n) is 7.09. The lowest BCUT2D eigenvalue weighted by Crippen LogP contribution is -2.46. The number of hydrogen-bond donors (Lipinski definition) is 3. The van der Waals surface area contributed by atoms with Crippen molar-refractivity contribution in [2.75, 3.05) is 18.1 Å². The van der Waals surface area contributed by atoms with Crippen molar-refractivity contribution in [1.82, 2.24) is 10.6 Å². The maximum Gasteiger partial charge on any atom is 0.321 e. The molecule has 1 saturated heterocycles. The molecule has 1 aromatic carbocycles. The lowest BCUT2D eigenvalue weighted by molar-refractivity contribution is -0.122. The van der Waals surface area contributed by atoms with E-state index in [1.165, 1.54) is 12.1 Å². The highest BCUT2D eigenvalue weighted by molar-refractivity contribution is 7.91. The smallest absolute Gasteiger partial charge is 0.321 e. The number of ether oxygens (including phenoxy) is 1. The van der Waals surface area contributed by atoms with E-state index in [4.69, 9.17) is 10.5 Å². The lowest BCUT2D eigenvalue weighted by atomic mass is 10.2. The predicted molar refractivity (Wildman–Crippen MR) is 84.2 cm³/mol. The molecule has 0 aliphatic carbocycles. The van der Waals surface area contributed by atoms with E-state index >= 15 is 0 Å². The van der Waals surface area contributed by atoms with Crippen molar-refractivity contribution >= 4 is 27.7 Å². The first-order chi connectivity index (χ1) is 11.3. The minimum Gasteiger partial charge on any atom is -0.483 e. The number of benzene rings is 1. The number of urea groups is 1. The van der Waals surface area contributed by atoms with Gasteiger partial charge in [0.15, 0.2) is 16.4 Å². The van der Waals surface area contributed by atoms with Gasteiger partial charge in [-0.1, -0.05) is 12.1 Å². The molecule has 1 fully saturated rings. The Bertz CT molecular complexity index is 762. The number of imide groups is 1. The van der Waals surface area contributed by atoms with Gasteiger partial charge in [-0.15, -0.1) is 0 Å². The maximum atomic E-state index is 11.7. The van der Waals surface area contributed by atoms with Crippen LogP contribution in [-0.4, -0.2) is 50.4 Å². The molecule has 10 heteroatoms. The number of hydrogen-bond acceptors (Lipinski definition) is 6. The standard InChI is InChI=1S/C14H17N3O6S/c15-13(19)10-3-1-2-4-11(10)23-7-12(18)17-14(20)16-9-5-6-24(21,22)8-9/h1-4,9H,5-8H2,(H2,15,19)(H2,16,17,18,20)/t9-/m0/s1. The number of nitrogens with one attached hydrogen (secondary N) is 2. The Hall–Kier alpha value is -2.62. The summed E-state index contributed by atoms with van der Waals surface area (Å²) in [5.74, 6) is -1.45. The Kier molecular flexibility index (Phi) is 5.39. The fourth-order valence-electron chi connectivity index (χ4n) is 2.23. The van der Waals surface area contributed by atoms with Crippen LogP contribution in [-0.2, 0) is 14.6 Å². The Balaban J connectivity index is 1.81. The van der Waals surface area contributed by atoms with Gasteiger partial charge in [-0.3, -0.25) is 14.9 Å². The molecule has 9 nitrogen and oxygen atoms in total. The van der Waals surface area contributed by atoms with E-state index < -0.39 is 40.3 Å². The van der Waals surface area contributed by atoms with Crippen LogP contribution >= 0.6 is 0 Å². The first-order valence-corrected chi connectivity index (χ1v) is 8.91. The van der Waals surface area contributed by atoms with Crippen molar-refractivity contribution in [1.29, 1.82) is 0 Å². The van der Waals surface area contributed by atoms with Gasteiger partial charge < -0.3 is 15.8 Å². The highest BCUT2D eigenvalue weighted by atomic mass is 32.2. The third-order valence-electron chi connectivity index (χ3n) is 3.33. The minimum absolute atomic E-state index is 0.0128. The fraction of sp³-hybridized carbons (Fsp3) is 0.357. The number of carbonyl (C=O) groups excluding carboxylic acids is 3. The zero-order valence-electron chi connectivity index (χ0n) is 12.7. The molecule has 2 rings (SSSR count). The normalized spacial score (nSPS) is 18.6. The van der Waals surface area contributed by atoms with E-state index in [2.05, 4.69) is 5.32 Å². The van der Waals surface area contributed by atoms with Crippen molar-refractivity contribution in [3.05, 3.63) is 29.8 Å². The van der Waals surface area contributed by atoms with Gasteiger partial charge in [-0.25, -0.2) is 13.2 Å². The van der Waals surface area contributed by atoms with E-state index in [9.17, 15) is 22.8 Å². The second-order valence-electron chi connectivity index (χ2n) is 5.27. The third kappa shape index (κ3) is 4.95. The Labute approximate surface area is 138 Å². The summed E-state index contributed by atoms with van der Waals surface area (Å²) in [7, 11) is -3.12. The molecular formula is C14H17N3O6S. The van der Waals surface area contributed by atoms with Gasteiger partial charge in [0.05, 0.1) is 17.1 Å². The summed E-state index contributed by atoms with van der Waals surface area (Å²) in [4.78, 5) is 34.5. The fourth-order valence-corrected chi connectivity index (χ4v) is 3.91. The zero-order chi connectivity index (χ0) is 17.7. The number of sulfone groups is 1. The number of amides is 4. The van der Waals surface area contributed by atoms with Crippen LogP contribution in [0, 0.1) is 0 Å². The molecule has 0 aromatic heterocycles. The zero-order valence-corrected chi connectivity index (χ0v) is 13.5. The Morgan fingerprint density at radius 1 is 1.25 bits per heavy atom. The molecule has 130 valence electrons. The summed E-state index contributed by atoms with van der Waals surface area (Å²) >= 11 is 0. The van der Waals surface area contributed by atoms with E-state index in [0.717, 1.165) is 0 Å². The summed E-state index contributed by atoms with van der Waals surface area (Å²) < 4.78 is 27.8. The van der Waals surface area contributed by atoms with Crippen LogP contribution in [0.4, 0.5) is 4.79 Å². The average Bonchev–Trinajstić information content (AvgIpc) is 2.84. The van der Waals surface area contributed by atoms with Crippen LogP contribution < -0.4 is 21.1 Å². The number of nitrogens with two attached hydrogens (primary N) is 1. The molecule has 0 radical (unpaired) electrons. The second kappa shape index (κ2) is 7.30. The van der Waals surface area contributed by atoms with E-state index in [-0.39, 0.29) is 22.8 Å². The molecular weight excluding hydrogens is 338 g/mol. The summed E-state index contributed by atoms with van der Waals surface area (Å²) in [6.45, 7) is -0.499. The highest BCUT2D eigenvalue weighted by Crippen LogP contribution is 2.16. The van der Waals surface area contributed by atoms with E-state index in [1.807, 2.05) is 5.32 Å². The van der Waals surface area contributed by atoms with E-state index in [1.54, 1.807) is 12.1 Å². The first kappa shape index (κ1) is 17.7. The van der Waals surface area contributed by atoms with Gasteiger partial charge in [-0.2, -0.15) is 0 Å². The van der Waals surface area contributed by atoms with Gasteiger partial charge >= 0.3 is 6.03 Å². The van der Waals surface area contributed by atoms with Crippen LogP contribution in [0.15, 0.2) is 24.3 Å². The summed E-state index contributed by atoms with van der Waals surface area (Å²) in [5, 5.41) is 4.44. The van der Waals surface area contributed by atoms with Crippen LogP contribution in [0.1, 0.15) is 16.8 Å². The second-order valence-corrected chi connectivity index (χ2v) is 7.50. The van der Waals surface area contributed by atoms with E-state index in [0.29, 0.717) is 6.42 Å². The molecule has 1 atom stereocenters. The van der Waals surface area contributed by atoms with Gasteiger partial charge in [0, 0.05) is 6.04 Å². The summed E-state index contributed by atoms with van der Waals surface area (Å²) in [5.41, 5.74) is 5.30. The molecule has 1 aromatic rings. The average molecular weight is 355 g/mol. The van der Waals surface area contributed by atoms with Crippen LogP contribution in [0.3, 0.4) is 0 Å². The number of para-hydroxylation sites is 1. The van der Waals surface area contributed by atoms with Gasteiger partial charge in [0.1, 0.15) is 5.75 Å². The third-order valence-corrected chi connectivity index (χ3v) is 5.10. The van der Waals surface area contributed by atoms with Crippen molar-refractivity contribution < 1.29 is 27.5 Å². The van der Waals surface area contributed by atoms with Crippen molar-refractivity contribution in [3.8, 4) is 5.75 Å². The number of carbonyl (C=O) groups is 3. The molecule has 4 amide bonds. The molecule has 1 heterocycles. The lowest BCUT2D eigenvalue weighted by Gasteiger charge is -2.12. The van der Waals surface area contributed by atoms with Crippen molar-refractivity contribution in [3.63, 3.8) is 0 Å². The van der Waals surface area contributed by atoms with Crippen molar-refractivity contribution in [2.24, 2.45) is 5.73 Å². The molecule has 0 saturated carbocycles. The topological polar surface area (TPSA) is 145 Å². The van der Waals surface area contributed by atoms with Gasteiger partial charge in [0.25, 0.3) is 11.8 Å². The Morgan fingerprint density at radius 3 is 2.58 bits per heavy atom. The quantitative estimate of drug-likeness (QED) is 0.629. The largest absolute Gasteiger partial charge is 0.483 e. The number of rotatable bonds is 5. The van der Waals surface area contributed by atoms with Crippen LogP contribution in [0.2, 0.25) is 0 Å². The van der Waals surface area contributed by atoms with Crippen LogP contribution in [0.25, 0.3) is 0 Å². The van der Waals surface area contributed by atoms with Gasteiger partial charge in [0.2, 0.25) is 0 Å². The maximum absolute atomic E-state index is 11.7. The SMILES string of the molecule is NC(=O)c1ccccc1OCC(=O)NC(=O)N[C@H]1CCS(=O)(=O)C1. The van der Waals surface area contributed by atoms with Crippen LogP contribution in [0.5, 0.6) is 5.75 Å². The van der Waals surface area contributed by atoms with Gasteiger partial charge in [-0.05, 0) is 18.6 Å². The molecule has 4 N–H and O–H groups in total. The molecule has 0 bridgehead atoms. The molecule has 1 aliphatic heterocycles. The Morgan fingerprint density at radius 2 is 1.96 bits per heavy atom. The predicted octanol–water partition coefficient (Wildman–Crippen LogP) is -0.823. The highest BCUT2D eigenvalue weighted by Gasteiger charge is 2.29. The monoisotopic (exact) mass is 355 g/mol. The molecule has 24 heavy (non-hydrogen) atoms. The molecule has 0 spiro atoms. The number of primary amides is 1. The minimum atomic E-state index is -3.12. The summed E-state index contributed by atoms with van der Waals surface area (Å²) in [6, 6.07) is 4.80. The molecule has 1 aliphatic rings. The summed E-state index contributed by atoms with van der Waals surface area (Å²) in [6.07, 6.45) is 0.312. The molecule has 0 unspecified atom stereocenters. The van der Waals surface area contributed by atoms with Crippen molar-refractivity contribution in [2.45, 2.75) is 12.5 Å².